The maximum atomic E-state index is 13.6. The highest BCUT2D eigenvalue weighted by atomic mass is 32.1. The van der Waals surface area contributed by atoms with Gasteiger partial charge in [-0.1, -0.05) is 0 Å². The Balaban J connectivity index is 1.89. The number of methoxy groups -OCH3 is 1. The van der Waals surface area contributed by atoms with Crippen LogP contribution in [0.15, 0.2) is 6.20 Å². The predicted molar refractivity (Wildman–Crippen MR) is 79.7 cm³/mol. The van der Waals surface area contributed by atoms with Crippen molar-refractivity contribution in [3.63, 3.8) is 0 Å². The molecule has 2 aromatic rings. The number of amides is 1. The number of likely N-dealkylation sites (tertiary alicyclic amines) is 1. The quantitative estimate of drug-likeness (QED) is 0.866. The zero-order chi connectivity index (χ0) is 16.6. The van der Waals surface area contributed by atoms with Crippen LogP contribution in [0, 0.1) is 12.7 Å². The van der Waals surface area contributed by atoms with Crippen molar-refractivity contribution >= 4 is 23.2 Å². The molecule has 1 amide bonds. The second-order valence-electron chi connectivity index (χ2n) is 5.20. The number of thiazole rings is 1. The summed E-state index contributed by atoms with van der Waals surface area (Å²) in [4.78, 5) is 30.8. The summed E-state index contributed by atoms with van der Waals surface area (Å²) in [5, 5.41) is 6.59. The molecule has 1 N–H and O–H groups in total. The summed E-state index contributed by atoms with van der Waals surface area (Å²) in [7, 11) is 1.30. The minimum atomic E-state index is -0.675. The zero-order valence-electron chi connectivity index (χ0n) is 12.6. The van der Waals surface area contributed by atoms with Gasteiger partial charge in [0.15, 0.2) is 17.2 Å². The standard InChI is InChI=1S/C14H15FN4O3S/c1-7-10(14(21)22-2)17-12(23-7)9-4-3-5-19(9)13(20)11-8(15)6-16-18-11/h6,9H,3-5H2,1-2H3,(H,16,18)/t9-/m1/s1. The first kappa shape index (κ1) is 15.6. The molecule has 0 radical (unpaired) electrons. The number of hydrogen-bond acceptors (Lipinski definition) is 6. The molecule has 23 heavy (non-hydrogen) atoms. The summed E-state index contributed by atoms with van der Waals surface area (Å²) in [5.74, 6) is -1.62. The molecule has 2 aromatic heterocycles. The number of rotatable bonds is 3. The average molecular weight is 338 g/mol. The molecular weight excluding hydrogens is 323 g/mol. The van der Waals surface area contributed by atoms with E-state index in [-0.39, 0.29) is 17.4 Å². The number of H-pyrrole nitrogens is 1. The van der Waals surface area contributed by atoms with E-state index in [9.17, 15) is 14.0 Å². The van der Waals surface area contributed by atoms with Crippen LogP contribution >= 0.6 is 11.3 Å². The first-order valence-corrected chi connectivity index (χ1v) is 7.90. The van der Waals surface area contributed by atoms with Gasteiger partial charge in [-0.15, -0.1) is 11.3 Å². The van der Waals surface area contributed by atoms with E-state index in [1.54, 1.807) is 11.8 Å². The van der Waals surface area contributed by atoms with E-state index >= 15 is 0 Å². The van der Waals surface area contributed by atoms with Crippen molar-refractivity contribution in [2.75, 3.05) is 13.7 Å². The molecule has 0 aliphatic carbocycles. The molecule has 1 atom stereocenters. The van der Waals surface area contributed by atoms with E-state index in [2.05, 4.69) is 15.2 Å². The Morgan fingerprint density at radius 2 is 2.30 bits per heavy atom. The number of ether oxygens (including phenoxy) is 1. The fraction of sp³-hybridized carbons (Fsp3) is 0.429. The molecule has 1 saturated heterocycles. The molecular formula is C14H15FN4O3S. The SMILES string of the molecule is COC(=O)c1nc([C@H]2CCCN2C(=O)c2[nH]ncc2F)sc1C. The lowest BCUT2D eigenvalue weighted by molar-refractivity contribution is 0.0593. The number of aryl methyl sites for hydroxylation is 1. The lowest BCUT2D eigenvalue weighted by atomic mass is 10.2. The molecule has 1 aliphatic heterocycles. The molecule has 3 heterocycles. The van der Waals surface area contributed by atoms with Crippen molar-refractivity contribution in [1.82, 2.24) is 20.1 Å². The Hall–Kier alpha value is -2.29. The topological polar surface area (TPSA) is 88.2 Å². The van der Waals surface area contributed by atoms with Crippen LogP contribution in [0.2, 0.25) is 0 Å². The second-order valence-corrected chi connectivity index (χ2v) is 6.43. The normalized spacial score (nSPS) is 17.5. The minimum Gasteiger partial charge on any atom is -0.464 e. The Kier molecular flexibility index (Phi) is 4.12. The summed E-state index contributed by atoms with van der Waals surface area (Å²) in [6.45, 7) is 2.29. The number of carbonyl (C=O) groups excluding carboxylic acids is 2. The van der Waals surface area contributed by atoms with Gasteiger partial charge in [0.1, 0.15) is 5.01 Å². The van der Waals surface area contributed by atoms with Gasteiger partial charge >= 0.3 is 5.97 Å². The third-order valence-corrected chi connectivity index (χ3v) is 4.87. The second kappa shape index (κ2) is 6.07. The van der Waals surface area contributed by atoms with Gasteiger partial charge in [0.05, 0.1) is 19.3 Å². The van der Waals surface area contributed by atoms with Crippen molar-refractivity contribution in [3.05, 3.63) is 33.3 Å². The fourth-order valence-corrected chi connectivity index (χ4v) is 3.73. The van der Waals surface area contributed by atoms with Crippen molar-refractivity contribution < 1.29 is 18.7 Å². The van der Waals surface area contributed by atoms with Crippen LogP contribution in [0.1, 0.15) is 49.7 Å². The molecule has 9 heteroatoms. The van der Waals surface area contributed by atoms with E-state index in [1.165, 1.54) is 18.4 Å². The molecule has 1 fully saturated rings. The summed E-state index contributed by atoms with van der Waals surface area (Å²) in [6, 6.07) is -0.271. The van der Waals surface area contributed by atoms with Crippen LogP contribution in [0.25, 0.3) is 0 Å². The Labute approximate surface area is 135 Å². The van der Waals surface area contributed by atoms with Gasteiger partial charge in [-0.25, -0.2) is 14.2 Å². The van der Waals surface area contributed by atoms with Crippen LogP contribution in [0.4, 0.5) is 4.39 Å². The number of nitrogens with one attached hydrogen (secondary N) is 1. The lowest BCUT2D eigenvalue weighted by Gasteiger charge is -2.22. The van der Waals surface area contributed by atoms with Crippen molar-refractivity contribution in [1.29, 1.82) is 0 Å². The third kappa shape index (κ3) is 2.72. The molecule has 7 nitrogen and oxygen atoms in total. The van der Waals surface area contributed by atoms with Crippen molar-refractivity contribution in [2.24, 2.45) is 0 Å². The van der Waals surface area contributed by atoms with Crippen molar-refractivity contribution in [3.8, 4) is 0 Å². The van der Waals surface area contributed by atoms with E-state index in [1.807, 2.05) is 0 Å². The van der Waals surface area contributed by atoms with Gasteiger partial charge < -0.3 is 9.64 Å². The number of aromatic amines is 1. The smallest absolute Gasteiger partial charge is 0.357 e. The summed E-state index contributed by atoms with van der Waals surface area (Å²) < 4.78 is 18.3. The van der Waals surface area contributed by atoms with Gasteiger partial charge in [-0.3, -0.25) is 9.89 Å². The Morgan fingerprint density at radius 1 is 1.52 bits per heavy atom. The van der Waals surface area contributed by atoms with E-state index in [4.69, 9.17) is 4.74 Å². The van der Waals surface area contributed by atoms with Gasteiger partial charge in [0.2, 0.25) is 0 Å². The predicted octanol–water partition coefficient (Wildman–Crippen LogP) is 2.08. The van der Waals surface area contributed by atoms with E-state index in [0.717, 1.165) is 23.9 Å². The van der Waals surface area contributed by atoms with Gasteiger partial charge in [-0.2, -0.15) is 5.10 Å². The number of hydrogen-bond donors (Lipinski definition) is 1. The zero-order valence-corrected chi connectivity index (χ0v) is 13.4. The average Bonchev–Trinajstić information content (AvgIpc) is 3.24. The maximum absolute atomic E-state index is 13.6. The van der Waals surface area contributed by atoms with Crippen LogP contribution in [-0.4, -0.2) is 45.6 Å². The summed E-state index contributed by atoms with van der Waals surface area (Å²) in [5.41, 5.74) is 0.109. The fourth-order valence-electron chi connectivity index (χ4n) is 2.68. The largest absolute Gasteiger partial charge is 0.464 e. The highest BCUT2D eigenvalue weighted by Crippen LogP contribution is 2.36. The number of esters is 1. The molecule has 0 unspecified atom stereocenters. The van der Waals surface area contributed by atoms with Gasteiger partial charge in [0.25, 0.3) is 5.91 Å². The molecule has 122 valence electrons. The number of nitrogens with zero attached hydrogens (tertiary/aromatic N) is 3. The van der Waals surface area contributed by atoms with Crippen LogP contribution in [-0.2, 0) is 4.74 Å². The van der Waals surface area contributed by atoms with Crippen LogP contribution in [0.3, 0.4) is 0 Å². The summed E-state index contributed by atoms with van der Waals surface area (Å²) in [6.07, 6.45) is 2.48. The molecule has 3 rings (SSSR count). The van der Waals surface area contributed by atoms with Gasteiger partial charge in [0, 0.05) is 11.4 Å². The highest BCUT2D eigenvalue weighted by molar-refractivity contribution is 7.12. The monoisotopic (exact) mass is 338 g/mol. The Morgan fingerprint density at radius 3 is 2.96 bits per heavy atom. The third-order valence-electron chi connectivity index (χ3n) is 3.80. The molecule has 1 aliphatic rings. The Bertz CT molecular complexity index is 757. The molecule has 0 aromatic carbocycles. The lowest BCUT2D eigenvalue weighted by Crippen LogP contribution is -2.31. The molecule has 0 saturated carbocycles. The number of carbonyl (C=O) groups is 2. The minimum absolute atomic E-state index is 0.154. The highest BCUT2D eigenvalue weighted by Gasteiger charge is 2.35. The van der Waals surface area contributed by atoms with Crippen molar-refractivity contribution in [2.45, 2.75) is 25.8 Å². The van der Waals surface area contributed by atoms with Crippen LogP contribution < -0.4 is 0 Å². The number of halogens is 1. The number of aromatic nitrogens is 3. The molecule has 0 bridgehead atoms. The first-order valence-electron chi connectivity index (χ1n) is 7.08. The molecule has 0 spiro atoms. The maximum Gasteiger partial charge on any atom is 0.357 e. The van der Waals surface area contributed by atoms with Gasteiger partial charge in [-0.05, 0) is 19.8 Å². The van der Waals surface area contributed by atoms with E-state index in [0.29, 0.717) is 11.6 Å². The van der Waals surface area contributed by atoms with Crippen LogP contribution in [0.5, 0.6) is 0 Å². The first-order chi connectivity index (χ1) is 11.0. The van der Waals surface area contributed by atoms with E-state index < -0.39 is 17.7 Å². The summed E-state index contributed by atoms with van der Waals surface area (Å²) >= 11 is 1.35.